The van der Waals surface area contributed by atoms with Gasteiger partial charge < -0.3 is 15.2 Å². The van der Waals surface area contributed by atoms with E-state index in [1.54, 1.807) is 13.8 Å². The molecule has 1 amide bonds. The molecule has 1 unspecified atom stereocenters. The van der Waals surface area contributed by atoms with E-state index in [1.807, 2.05) is 0 Å². The Bertz CT molecular complexity index is 285. The molecule has 1 rings (SSSR count). The van der Waals surface area contributed by atoms with Gasteiger partial charge in [-0.2, -0.15) is 0 Å². The van der Waals surface area contributed by atoms with Crippen LogP contribution in [0.2, 0.25) is 0 Å². The number of amides is 1. The summed E-state index contributed by atoms with van der Waals surface area (Å²) in [5, 5.41) is 11.6. The molecule has 1 aliphatic rings. The Morgan fingerprint density at radius 2 is 1.94 bits per heavy atom. The maximum absolute atomic E-state index is 11.7. The van der Waals surface area contributed by atoms with E-state index in [1.165, 1.54) is 0 Å². The normalized spacial score (nSPS) is 18.6. The largest absolute Gasteiger partial charge is 0.480 e. The Labute approximate surface area is 108 Å². The Balaban J connectivity index is 2.29. The molecule has 0 bridgehead atoms. The number of carboxylic acids is 1. The molecule has 2 N–H and O–H groups in total. The quantitative estimate of drug-likeness (QED) is 0.754. The fourth-order valence-electron chi connectivity index (χ4n) is 2.13. The number of carbonyl (C=O) groups is 2. The predicted molar refractivity (Wildman–Crippen MR) is 67.2 cm³/mol. The molecule has 0 aromatic heterocycles. The average Bonchev–Trinajstić information content (AvgIpc) is 2.34. The van der Waals surface area contributed by atoms with Crippen LogP contribution in [-0.4, -0.2) is 36.2 Å². The van der Waals surface area contributed by atoms with Crippen LogP contribution < -0.4 is 5.32 Å². The van der Waals surface area contributed by atoms with Crippen LogP contribution in [0.5, 0.6) is 0 Å². The van der Waals surface area contributed by atoms with Crippen LogP contribution in [0.1, 0.15) is 39.5 Å². The Hall–Kier alpha value is -1.10. The number of carbonyl (C=O) groups excluding carboxylic acids is 1. The van der Waals surface area contributed by atoms with Crippen molar-refractivity contribution in [3.63, 3.8) is 0 Å². The van der Waals surface area contributed by atoms with Crippen LogP contribution in [0.25, 0.3) is 0 Å². The Morgan fingerprint density at radius 1 is 1.33 bits per heavy atom. The first kappa shape index (κ1) is 15.0. The van der Waals surface area contributed by atoms with Crippen molar-refractivity contribution in [2.75, 3.05) is 13.2 Å². The zero-order chi connectivity index (χ0) is 13.5. The SMILES string of the molecule is CC(C)C(NC(=O)CCC1CCOCC1)C(=O)O. The van der Waals surface area contributed by atoms with Crippen LogP contribution in [-0.2, 0) is 14.3 Å². The van der Waals surface area contributed by atoms with E-state index in [-0.39, 0.29) is 11.8 Å². The summed E-state index contributed by atoms with van der Waals surface area (Å²) >= 11 is 0. The van der Waals surface area contributed by atoms with Gasteiger partial charge in [0, 0.05) is 19.6 Å². The van der Waals surface area contributed by atoms with Crippen LogP contribution in [0.15, 0.2) is 0 Å². The number of hydrogen-bond acceptors (Lipinski definition) is 3. The first-order chi connectivity index (χ1) is 8.50. The van der Waals surface area contributed by atoms with Gasteiger partial charge >= 0.3 is 5.97 Å². The molecule has 104 valence electrons. The first-order valence-corrected chi connectivity index (χ1v) is 6.60. The number of carboxylic acid groups (broad SMARTS) is 1. The number of hydrogen-bond donors (Lipinski definition) is 2. The minimum Gasteiger partial charge on any atom is -0.480 e. The number of rotatable bonds is 6. The highest BCUT2D eigenvalue weighted by atomic mass is 16.5. The lowest BCUT2D eigenvalue weighted by atomic mass is 9.94. The maximum Gasteiger partial charge on any atom is 0.326 e. The van der Waals surface area contributed by atoms with Crippen molar-refractivity contribution in [2.45, 2.75) is 45.6 Å². The summed E-state index contributed by atoms with van der Waals surface area (Å²) in [5.74, 6) is -0.701. The van der Waals surface area contributed by atoms with Crippen LogP contribution in [0.3, 0.4) is 0 Å². The molecule has 5 heteroatoms. The molecule has 1 atom stereocenters. The standard InChI is InChI=1S/C13H23NO4/c1-9(2)12(13(16)17)14-11(15)4-3-10-5-7-18-8-6-10/h9-10,12H,3-8H2,1-2H3,(H,14,15)(H,16,17). The lowest BCUT2D eigenvalue weighted by Gasteiger charge is -2.22. The molecule has 0 aliphatic carbocycles. The van der Waals surface area contributed by atoms with Gasteiger partial charge in [0.25, 0.3) is 0 Å². The molecular weight excluding hydrogens is 234 g/mol. The fraction of sp³-hybridized carbons (Fsp3) is 0.846. The van der Waals surface area contributed by atoms with Crippen LogP contribution in [0, 0.1) is 11.8 Å². The van der Waals surface area contributed by atoms with Crippen molar-refractivity contribution in [2.24, 2.45) is 11.8 Å². The molecule has 1 saturated heterocycles. The topological polar surface area (TPSA) is 75.6 Å². The lowest BCUT2D eigenvalue weighted by Crippen LogP contribution is -2.44. The zero-order valence-electron chi connectivity index (χ0n) is 11.1. The van der Waals surface area contributed by atoms with Gasteiger partial charge in [0.2, 0.25) is 5.91 Å². The highest BCUT2D eigenvalue weighted by molar-refractivity contribution is 5.83. The second kappa shape index (κ2) is 7.36. The van der Waals surface area contributed by atoms with Gasteiger partial charge in [-0.3, -0.25) is 4.79 Å². The van der Waals surface area contributed by atoms with Crippen molar-refractivity contribution in [1.29, 1.82) is 0 Å². The maximum atomic E-state index is 11.7. The summed E-state index contributed by atoms with van der Waals surface area (Å²) < 4.78 is 5.26. The van der Waals surface area contributed by atoms with Crippen LogP contribution >= 0.6 is 0 Å². The van der Waals surface area contributed by atoms with Crippen molar-refractivity contribution in [1.82, 2.24) is 5.32 Å². The molecule has 5 nitrogen and oxygen atoms in total. The van der Waals surface area contributed by atoms with E-state index in [4.69, 9.17) is 9.84 Å². The first-order valence-electron chi connectivity index (χ1n) is 6.60. The van der Waals surface area contributed by atoms with Gasteiger partial charge in [-0.15, -0.1) is 0 Å². The van der Waals surface area contributed by atoms with Gasteiger partial charge in [0.15, 0.2) is 0 Å². The van der Waals surface area contributed by atoms with Crippen LogP contribution in [0.4, 0.5) is 0 Å². The summed E-state index contributed by atoms with van der Waals surface area (Å²) in [6, 6.07) is -0.785. The highest BCUT2D eigenvalue weighted by Crippen LogP contribution is 2.19. The summed E-state index contributed by atoms with van der Waals surface area (Å²) in [7, 11) is 0. The molecule has 18 heavy (non-hydrogen) atoms. The average molecular weight is 257 g/mol. The van der Waals surface area contributed by atoms with Gasteiger partial charge in [0.05, 0.1) is 0 Å². The van der Waals surface area contributed by atoms with Gasteiger partial charge in [-0.1, -0.05) is 13.8 Å². The Morgan fingerprint density at radius 3 is 2.44 bits per heavy atom. The van der Waals surface area contributed by atoms with Crippen molar-refractivity contribution >= 4 is 11.9 Å². The van der Waals surface area contributed by atoms with E-state index in [0.717, 1.165) is 32.5 Å². The molecule has 0 aromatic carbocycles. The molecule has 1 heterocycles. The predicted octanol–water partition coefficient (Wildman–Crippen LogP) is 1.42. The summed E-state index contributed by atoms with van der Waals surface area (Å²) in [5.41, 5.74) is 0. The minimum atomic E-state index is -0.968. The number of aliphatic carboxylic acids is 1. The van der Waals surface area contributed by atoms with E-state index in [0.29, 0.717) is 12.3 Å². The second-order valence-corrected chi connectivity index (χ2v) is 5.22. The molecular formula is C13H23NO4. The van der Waals surface area contributed by atoms with Crippen molar-refractivity contribution < 1.29 is 19.4 Å². The van der Waals surface area contributed by atoms with E-state index < -0.39 is 12.0 Å². The third-order valence-electron chi connectivity index (χ3n) is 3.37. The number of ether oxygens (including phenoxy) is 1. The molecule has 0 saturated carbocycles. The van der Waals surface area contributed by atoms with E-state index in [9.17, 15) is 9.59 Å². The lowest BCUT2D eigenvalue weighted by molar-refractivity contribution is -0.143. The molecule has 0 radical (unpaired) electrons. The monoisotopic (exact) mass is 257 g/mol. The number of nitrogens with one attached hydrogen (secondary N) is 1. The van der Waals surface area contributed by atoms with Crippen molar-refractivity contribution in [3.8, 4) is 0 Å². The third kappa shape index (κ3) is 5.04. The molecule has 0 spiro atoms. The van der Waals surface area contributed by atoms with Crippen molar-refractivity contribution in [3.05, 3.63) is 0 Å². The highest BCUT2D eigenvalue weighted by Gasteiger charge is 2.23. The minimum absolute atomic E-state index is 0.102. The smallest absolute Gasteiger partial charge is 0.326 e. The molecule has 1 fully saturated rings. The van der Waals surface area contributed by atoms with E-state index >= 15 is 0 Å². The zero-order valence-corrected chi connectivity index (χ0v) is 11.1. The van der Waals surface area contributed by atoms with E-state index in [2.05, 4.69) is 5.32 Å². The summed E-state index contributed by atoms with van der Waals surface area (Å²) in [6.07, 6.45) is 3.22. The molecule has 1 aliphatic heterocycles. The Kier molecular flexibility index (Phi) is 6.12. The third-order valence-corrected chi connectivity index (χ3v) is 3.37. The fourth-order valence-corrected chi connectivity index (χ4v) is 2.13. The summed E-state index contributed by atoms with van der Waals surface area (Å²) in [4.78, 5) is 22.7. The summed E-state index contributed by atoms with van der Waals surface area (Å²) in [6.45, 7) is 5.13. The second-order valence-electron chi connectivity index (χ2n) is 5.22. The molecule has 0 aromatic rings. The van der Waals surface area contributed by atoms with Gasteiger partial charge in [-0.25, -0.2) is 4.79 Å². The van der Waals surface area contributed by atoms with Gasteiger partial charge in [0.1, 0.15) is 6.04 Å². The van der Waals surface area contributed by atoms with Gasteiger partial charge in [-0.05, 0) is 31.1 Å².